The van der Waals surface area contributed by atoms with Crippen molar-refractivity contribution in [2.24, 2.45) is 0 Å². The minimum Gasteiger partial charge on any atom is -0.493 e. The Labute approximate surface area is 108 Å². The van der Waals surface area contributed by atoms with Crippen LogP contribution >= 0.6 is 11.6 Å². The quantitative estimate of drug-likeness (QED) is 0.762. The fourth-order valence-electron chi connectivity index (χ4n) is 1.61. The molecule has 0 saturated carbocycles. The molecule has 0 fully saturated rings. The number of alkyl halides is 1. The van der Waals surface area contributed by atoms with E-state index in [4.69, 9.17) is 21.1 Å². The third-order valence-electron chi connectivity index (χ3n) is 2.58. The highest BCUT2D eigenvalue weighted by Crippen LogP contribution is 2.27. The number of hydrogen-bond donors (Lipinski definition) is 1. The van der Waals surface area contributed by atoms with Crippen molar-refractivity contribution in [3.63, 3.8) is 0 Å². The van der Waals surface area contributed by atoms with Crippen LogP contribution in [0.1, 0.15) is 13.8 Å². The lowest BCUT2D eigenvalue weighted by Gasteiger charge is -2.24. The summed E-state index contributed by atoms with van der Waals surface area (Å²) in [6, 6.07) is 7.75. The first-order valence-electron chi connectivity index (χ1n) is 5.82. The van der Waals surface area contributed by atoms with Crippen molar-refractivity contribution in [3.8, 4) is 11.5 Å². The average molecular weight is 258 g/mol. The number of ether oxygens (including phenoxy) is 2. The number of methoxy groups -OCH3 is 1. The van der Waals surface area contributed by atoms with Crippen molar-refractivity contribution in [2.45, 2.75) is 26.0 Å². The second-order valence-corrected chi connectivity index (χ2v) is 4.10. The van der Waals surface area contributed by atoms with Gasteiger partial charge in [0, 0.05) is 5.88 Å². The van der Waals surface area contributed by atoms with Crippen LogP contribution in [0, 0.1) is 0 Å². The minimum absolute atomic E-state index is 0.0104. The zero-order valence-electron chi connectivity index (χ0n) is 10.6. The van der Waals surface area contributed by atoms with Gasteiger partial charge in [0.1, 0.15) is 6.10 Å². The molecule has 0 heterocycles. The molecular formula is C13H20ClNO2. The molecule has 1 aromatic carbocycles. The Morgan fingerprint density at radius 3 is 2.47 bits per heavy atom. The number of para-hydroxylation sites is 2. The van der Waals surface area contributed by atoms with E-state index in [2.05, 4.69) is 12.2 Å². The number of benzene rings is 1. The average Bonchev–Trinajstić information content (AvgIpc) is 2.36. The molecule has 1 N–H and O–H groups in total. The van der Waals surface area contributed by atoms with Gasteiger partial charge in [-0.15, -0.1) is 11.6 Å². The Bertz CT molecular complexity index is 333. The molecule has 0 spiro atoms. The van der Waals surface area contributed by atoms with Gasteiger partial charge in [-0.2, -0.15) is 0 Å². The van der Waals surface area contributed by atoms with E-state index in [-0.39, 0.29) is 12.1 Å². The van der Waals surface area contributed by atoms with Gasteiger partial charge in [0.25, 0.3) is 0 Å². The van der Waals surface area contributed by atoms with E-state index in [1.807, 2.05) is 31.2 Å². The molecule has 0 aliphatic rings. The van der Waals surface area contributed by atoms with E-state index in [9.17, 15) is 0 Å². The summed E-state index contributed by atoms with van der Waals surface area (Å²) in [5, 5.41) is 3.29. The van der Waals surface area contributed by atoms with Gasteiger partial charge in [-0.3, -0.25) is 0 Å². The van der Waals surface area contributed by atoms with Gasteiger partial charge in [-0.1, -0.05) is 19.1 Å². The molecule has 17 heavy (non-hydrogen) atoms. The lowest BCUT2D eigenvalue weighted by atomic mass is 10.2. The number of halogens is 1. The summed E-state index contributed by atoms with van der Waals surface area (Å²) < 4.78 is 11.1. The van der Waals surface area contributed by atoms with Crippen molar-refractivity contribution >= 4 is 11.6 Å². The predicted octanol–water partition coefficient (Wildman–Crippen LogP) is 2.68. The summed E-state index contributed by atoms with van der Waals surface area (Å²) in [6.45, 7) is 4.93. The van der Waals surface area contributed by atoms with Gasteiger partial charge in [-0.05, 0) is 25.6 Å². The van der Waals surface area contributed by atoms with Crippen LogP contribution < -0.4 is 14.8 Å². The molecule has 0 aliphatic carbocycles. The summed E-state index contributed by atoms with van der Waals surface area (Å²) >= 11 is 5.91. The third-order valence-corrected chi connectivity index (χ3v) is 2.91. The van der Waals surface area contributed by atoms with Crippen LogP contribution in [0.5, 0.6) is 11.5 Å². The van der Waals surface area contributed by atoms with E-state index >= 15 is 0 Å². The summed E-state index contributed by atoms with van der Waals surface area (Å²) in [4.78, 5) is 0. The Morgan fingerprint density at radius 2 is 1.94 bits per heavy atom. The highest BCUT2D eigenvalue weighted by molar-refractivity contribution is 6.18. The topological polar surface area (TPSA) is 30.5 Å². The molecule has 0 bridgehead atoms. The SMILES string of the molecule is CCNC(CCl)C(C)Oc1ccccc1OC. The molecule has 0 aromatic heterocycles. The molecule has 96 valence electrons. The normalized spacial score (nSPS) is 14.1. The summed E-state index contributed by atoms with van der Waals surface area (Å²) in [7, 11) is 1.64. The van der Waals surface area contributed by atoms with Gasteiger partial charge < -0.3 is 14.8 Å². The van der Waals surface area contributed by atoms with Crippen molar-refractivity contribution in [1.29, 1.82) is 0 Å². The van der Waals surface area contributed by atoms with Crippen molar-refractivity contribution in [1.82, 2.24) is 5.32 Å². The van der Waals surface area contributed by atoms with Gasteiger partial charge in [0.15, 0.2) is 11.5 Å². The second kappa shape index (κ2) is 7.41. The standard InChI is InChI=1S/C13H20ClNO2/c1-4-15-11(9-14)10(2)17-13-8-6-5-7-12(13)16-3/h5-8,10-11,15H,4,9H2,1-3H3. The van der Waals surface area contributed by atoms with Gasteiger partial charge >= 0.3 is 0 Å². The van der Waals surface area contributed by atoms with Crippen LogP contribution in [0.4, 0.5) is 0 Å². The van der Waals surface area contributed by atoms with Gasteiger partial charge in [0.05, 0.1) is 13.2 Å². The molecule has 0 aliphatic heterocycles. The molecule has 2 atom stereocenters. The van der Waals surface area contributed by atoms with Gasteiger partial charge in [0.2, 0.25) is 0 Å². The Balaban J connectivity index is 2.68. The number of hydrogen-bond acceptors (Lipinski definition) is 3. The minimum atomic E-state index is -0.0104. The maximum absolute atomic E-state index is 5.91. The Hall–Kier alpha value is -0.930. The molecule has 0 amide bonds. The van der Waals surface area contributed by atoms with Crippen LogP contribution in [-0.4, -0.2) is 31.7 Å². The molecule has 0 radical (unpaired) electrons. The van der Waals surface area contributed by atoms with Crippen LogP contribution in [0.3, 0.4) is 0 Å². The van der Waals surface area contributed by atoms with Crippen LogP contribution in [-0.2, 0) is 0 Å². The third kappa shape index (κ3) is 4.10. The molecule has 1 aromatic rings. The van der Waals surface area contributed by atoms with Crippen LogP contribution in [0.25, 0.3) is 0 Å². The first-order valence-corrected chi connectivity index (χ1v) is 6.35. The number of nitrogens with one attached hydrogen (secondary N) is 1. The maximum atomic E-state index is 5.91. The molecule has 4 heteroatoms. The van der Waals surface area contributed by atoms with Crippen LogP contribution in [0.2, 0.25) is 0 Å². The van der Waals surface area contributed by atoms with Gasteiger partial charge in [-0.25, -0.2) is 0 Å². The molecule has 2 unspecified atom stereocenters. The molecule has 3 nitrogen and oxygen atoms in total. The zero-order valence-corrected chi connectivity index (χ0v) is 11.3. The van der Waals surface area contributed by atoms with E-state index in [1.54, 1.807) is 7.11 Å². The van der Waals surface area contributed by atoms with E-state index in [1.165, 1.54) is 0 Å². The largest absolute Gasteiger partial charge is 0.493 e. The summed E-state index contributed by atoms with van der Waals surface area (Å²) in [5.41, 5.74) is 0. The monoisotopic (exact) mass is 257 g/mol. The first kappa shape index (κ1) is 14.1. The second-order valence-electron chi connectivity index (χ2n) is 3.79. The van der Waals surface area contributed by atoms with E-state index < -0.39 is 0 Å². The van der Waals surface area contributed by atoms with E-state index in [0.29, 0.717) is 5.88 Å². The lowest BCUT2D eigenvalue weighted by Crippen LogP contribution is -2.42. The Kier molecular flexibility index (Phi) is 6.16. The highest BCUT2D eigenvalue weighted by Gasteiger charge is 2.18. The fourth-order valence-corrected chi connectivity index (χ4v) is 1.97. The highest BCUT2D eigenvalue weighted by atomic mass is 35.5. The van der Waals surface area contributed by atoms with Crippen molar-refractivity contribution in [2.75, 3.05) is 19.5 Å². The molecular weight excluding hydrogens is 238 g/mol. The zero-order chi connectivity index (χ0) is 12.7. The lowest BCUT2D eigenvalue weighted by molar-refractivity contribution is 0.174. The molecule has 1 rings (SSSR count). The van der Waals surface area contributed by atoms with Crippen LogP contribution in [0.15, 0.2) is 24.3 Å². The van der Waals surface area contributed by atoms with Crippen molar-refractivity contribution < 1.29 is 9.47 Å². The first-order chi connectivity index (χ1) is 8.22. The summed E-state index contributed by atoms with van der Waals surface area (Å²) in [6.07, 6.45) is -0.0104. The number of likely N-dealkylation sites (N-methyl/N-ethyl adjacent to an activating group) is 1. The van der Waals surface area contributed by atoms with Crippen molar-refractivity contribution in [3.05, 3.63) is 24.3 Å². The number of rotatable bonds is 7. The molecule has 0 saturated heterocycles. The smallest absolute Gasteiger partial charge is 0.161 e. The Morgan fingerprint density at radius 1 is 1.29 bits per heavy atom. The van der Waals surface area contributed by atoms with E-state index in [0.717, 1.165) is 18.0 Å². The fraction of sp³-hybridized carbons (Fsp3) is 0.538. The maximum Gasteiger partial charge on any atom is 0.161 e. The summed E-state index contributed by atoms with van der Waals surface area (Å²) in [5.74, 6) is 2.00. The predicted molar refractivity (Wildman–Crippen MR) is 71.3 cm³/mol.